The summed E-state index contributed by atoms with van der Waals surface area (Å²) in [5.41, 5.74) is 12.5. The van der Waals surface area contributed by atoms with Crippen LogP contribution in [0.25, 0.3) is 0 Å². The highest BCUT2D eigenvalue weighted by molar-refractivity contribution is 6.42. The molecule has 2 atom stereocenters. The number of nitrogens with two attached hydrogens (primary N) is 2. The van der Waals surface area contributed by atoms with Gasteiger partial charge in [-0.3, -0.25) is 4.79 Å². The molecule has 122 valence electrons. The fraction of sp³-hybridized carbons (Fsp3) is 0.533. The van der Waals surface area contributed by atoms with Crippen LogP contribution >= 0.6 is 23.2 Å². The molecule has 0 unspecified atom stereocenters. The summed E-state index contributed by atoms with van der Waals surface area (Å²) in [5, 5.41) is 10.7. The number of carbonyl (C=O) groups excluding carboxylic acids is 1. The second kappa shape index (κ2) is 7.04. The highest BCUT2D eigenvalue weighted by atomic mass is 35.5. The van der Waals surface area contributed by atoms with Gasteiger partial charge in [-0.2, -0.15) is 0 Å². The highest BCUT2D eigenvalue weighted by Gasteiger charge is 2.29. The smallest absolute Gasteiger partial charge is 0.239 e. The number of phenols is 1. The van der Waals surface area contributed by atoms with Gasteiger partial charge in [0, 0.05) is 30.8 Å². The first-order chi connectivity index (χ1) is 10.3. The zero-order valence-electron chi connectivity index (χ0n) is 12.4. The Hall–Kier alpha value is -1.01. The lowest BCUT2D eigenvalue weighted by Gasteiger charge is -2.35. The van der Waals surface area contributed by atoms with E-state index in [4.69, 9.17) is 34.7 Å². The second-order valence-corrected chi connectivity index (χ2v) is 6.62. The summed E-state index contributed by atoms with van der Waals surface area (Å²) in [6, 6.07) is 2.20. The van der Waals surface area contributed by atoms with Crippen molar-refractivity contribution in [2.45, 2.75) is 31.8 Å². The maximum atomic E-state index is 11.9. The van der Waals surface area contributed by atoms with E-state index in [1.165, 1.54) is 6.07 Å². The molecule has 1 amide bonds. The van der Waals surface area contributed by atoms with Crippen LogP contribution in [0.5, 0.6) is 5.75 Å². The Labute approximate surface area is 140 Å². The largest absolute Gasteiger partial charge is 0.508 e. The van der Waals surface area contributed by atoms with E-state index in [-0.39, 0.29) is 23.6 Å². The summed E-state index contributed by atoms with van der Waals surface area (Å²) in [4.78, 5) is 13.6. The monoisotopic (exact) mass is 345 g/mol. The lowest BCUT2D eigenvalue weighted by atomic mass is 9.85. The fourth-order valence-corrected chi connectivity index (χ4v) is 3.17. The molecule has 1 aromatic carbocycles. The molecule has 1 aliphatic heterocycles. The Morgan fingerprint density at radius 3 is 2.36 bits per heavy atom. The molecule has 2 rings (SSSR count). The van der Waals surface area contributed by atoms with Gasteiger partial charge in [0.05, 0.1) is 16.1 Å². The number of piperidine rings is 1. The predicted molar refractivity (Wildman–Crippen MR) is 88.0 cm³/mol. The number of halogens is 2. The third kappa shape index (κ3) is 3.66. The Bertz CT molecular complexity index is 558. The normalized spacial score (nSPS) is 19.0. The number of benzene rings is 1. The molecule has 5 N–H and O–H groups in total. The van der Waals surface area contributed by atoms with Crippen molar-refractivity contribution in [3.8, 4) is 5.75 Å². The van der Waals surface area contributed by atoms with Crippen LogP contribution in [0.3, 0.4) is 0 Å². The van der Waals surface area contributed by atoms with Crippen LogP contribution in [-0.4, -0.2) is 35.0 Å². The third-order valence-corrected chi connectivity index (χ3v) is 4.90. The molecular formula is C15H21Cl2N3O2. The number of likely N-dealkylation sites (tertiary alicyclic amines) is 1. The molecule has 0 spiro atoms. The molecule has 1 heterocycles. The number of aromatic hydroxyl groups is 1. The lowest BCUT2D eigenvalue weighted by molar-refractivity contribution is -0.133. The van der Waals surface area contributed by atoms with Crippen LogP contribution in [0.2, 0.25) is 10.0 Å². The minimum Gasteiger partial charge on any atom is -0.508 e. The third-order valence-electron chi connectivity index (χ3n) is 4.18. The topological polar surface area (TPSA) is 92.6 Å². The summed E-state index contributed by atoms with van der Waals surface area (Å²) in [5.74, 6) is 0.181. The average Bonchev–Trinajstić information content (AvgIpc) is 2.49. The molecule has 0 bridgehead atoms. The molecule has 0 aliphatic carbocycles. The zero-order valence-corrected chi connectivity index (χ0v) is 13.9. The molecule has 5 nitrogen and oxygen atoms in total. The van der Waals surface area contributed by atoms with E-state index in [1.54, 1.807) is 17.9 Å². The van der Waals surface area contributed by atoms with Crippen molar-refractivity contribution < 1.29 is 9.90 Å². The van der Waals surface area contributed by atoms with Gasteiger partial charge >= 0.3 is 0 Å². The Kier molecular flexibility index (Phi) is 5.55. The molecular weight excluding hydrogens is 325 g/mol. The van der Waals surface area contributed by atoms with Crippen molar-refractivity contribution in [1.82, 2.24) is 4.90 Å². The fourth-order valence-electron chi connectivity index (χ4n) is 2.84. The van der Waals surface area contributed by atoms with Gasteiger partial charge in [0.15, 0.2) is 0 Å². The van der Waals surface area contributed by atoms with Crippen LogP contribution in [0, 0.1) is 5.92 Å². The lowest BCUT2D eigenvalue weighted by Crippen LogP contribution is -2.47. The molecule has 0 radical (unpaired) electrons. The van der Waals surface area contributed by atoms with Crippen molar-refractivity contribution in [3.05, 3.63) is 27.7 Å². The Balaban J connectivity index is 2.05. The number of rotatable bonds is 3. The maximum absolute atomic E-state index is 11.9. The van der Waals surface area contributed by atoms with E-state index in [9.17, 15) is 9.90 Å². The van der Waals surface area contributed by atoms with Crippen LogP contribution in [-0.2, 0) is 4.79 Å². The number of carbonyl (C=O) groups is 1. The summed E-state index contributed by atoms with van der Waals surface area (Å²) < 4.78 is 0. The van der Waals surface area contributed by atoms with E-state index in [0.29, 0.717) is 28.7 Å². The first-order valence-corrected chi connectivity index (χ1v) is 8.04. The maximum Gasteiger partial charge on any atom is 0.239 e. The molecule has 1 aliphatic rings. The second-order valence-electron chi connectivity index (χ2n) is 5.80. The van der Waals surface area contributed by atoms with Crippen molar-refractivity contribution in [2.24, 2.45) is 17.4 Å². The standard InChI is InChI=1S/C15H21Cl2N3O2/c1-8(18)15(22)20-4-2-9(3-5-20)14(19)10-6-11(16)12(17)7-13(10)21/h6-9,14,21H,2-5,18-19H2,1H3/t8-,14+/m1/s1. The number of hydrogen-bond donors (Lipinski definition) is 3. The van der Waals surface area contributed by atoms with Crippen LogP contribution in [0.15, 0.2) is 12.1 Å². The first kappa shape index (κ1) is 17.3. The molecule has 22 heavy (non-hydrogen) atoms. The van der Waals surface area contributed by atoms with E-state index in [0.717, 1.165) is 12.8 Å². The summed E-state index contributed by atoms with van der Waals surface area (Å²) in [6.45, 7) is 2.94. The summed E-state index contributed by atoms with van der Waals surface area (Å²) >= 11 is 11.9. The number of hydrogen-bond acceptors (Lipinski definition) is 4. The Morgan fingerprint density at radius 2 is 1.82 bits per heavy atom. The highest BCUT2D eigenvalue weighted by Crippen LogP contribution is 2.37. The van der Waals surface area contributed by atoms with Crippen molar-refractivity contribution >= 4 is 29.1 Å². The van der Waals surface area contributed by atoms with Gasteiger partial charge in [-0.25, -0.2) is 0 Å². The summed E-state index contributed by atoms with van der Waals surface area (Å²) in [6.07, 6.45) is 1.53. The number of phenolic OH excluding ortho intramolecular Hbond substituents is 1. The van der Waals surface area contributed by atoms with Crippen molar-refractivity contribution in [2.75, 3.05) is 13.1 Å². The SMILES string of the molecule is C[C@@H](N)C(=O)N1CCC([C@H](N)c2cc(Cl)c(Cl)cc2O)CC1. The summed E-state index contributed by atoms with van der Waals surface area (Å²) in [7, 11) is 0. The molecule has 1 saturated heterocycles. The quantitative estimate of drug-likeness (QED) is 0.783. The van der Waals surface area contributed by atoms with E-state index >= 15 is 0 Å². The number of nitrogens with zero attached hydrogens (tertiary/aromatic N) is 1. The molecule has 1 fully saturated rings. The van der Waals surface area contributed by atoms with Crippen LogP contribution in [0.4, 0.5) is 0 Å². The van der Waals surface area contributed by atoms with Gasteiger partial charge in [-0.1, -0.05) is 23.2 Å². The van der Waals surface area contributed by atoms with Gasteiger partial charge in [-0.05, 0) is 31.7 Å². The number of amides is 1. The Morgan fingerprint density at radius 1 is 1.27 bits per heavy atom. The van der Waals surface area contributed by atoms with Gasteiger partial charge in [0.25, 0.3) is 0 Å². The van der Waals surface area contributed by atoms with Crippen LogP contribution in [0.1, 0.15) is 31.4 Å². The minimum absolute atomic E-state index is 0.0376. The van der Waals surface area contributed by atoms with Crippen LogP contribution < -0.4 is 11.5 Å². The zero-order chi connectivity index (χ0) is 16.4. The van der Waals surface area contributed by atoms with Gasteiger partial charge in [0.2, 0.25) is 5.91 Å². The molecule has 0 saturated carbocycles. The molecule has 7 heteroatoms. The predicted octanol–water partition coefficient (Wildman–Crippen LogP) is 2.28. The molecule has 1 aromatic rings. The minimum atomic E-state index is -0.482. The van der Waals surface area contributed by atoms with E-state index < -0.39 is 6.04 Å². The van der Waals surface area contributed by atoms with Gasteiger partial charge in [0.1, 0.15) is 5.75 Å². The molecule has 0 aromatic heterocycles. The van der Waals surface area contributed by atoms with Gasteiger partial charge in [-0.15, -0.1) is 0 Å². The van der Waals surface area contributed by atoms with E-state index in [2.05, 4.69) is 0 Å². The van der Waals surface area contributed by atoms with E-state index in [1.807, 2.05) is 0 Å². The van der Waals surface area contributed by atoms with Crippen molar-refractivity contribution in [3.63, 3.8) is 0 Å². The first-order valence-electron chi connectivity index (χ1n) is 7.29. The van der Waals surface area contributed by atoms with Gasteiger partial charge < -0.3 is 21.5 Å². The van der Waals surface area contributed by atoms with Crippen molar-refractivity contribution in [1.29, 1.82) is 0 Å². The average molecular weight is 346 g/mol.